The third kappa shape index (κ3) is 3.71. The molecule has 142 valence electrons. The van der Waals surface area contributed by atoms with Gasteiger partial charge in [0.25, 0.3) is 5.69 Å². The Balaban J connectivity index is 2.01. The lowest BCUT2D eigenvalue weighted by Crippen LogP contribution is -2.28. The lowest BCUT2D eigenvalue weighted by molar-refractivity contribution is -0.385. The first kappa shape index (κ1) is 19.0. The van der Waals surface area contributed by atoms with Gasteiger partial charge in [0.15, 0.2) is 0 Å². The van der Waals surface area contributed by atoms with Crippen LogP contribution in [0.3, 0.4) is 0 Å². The van der Waals surface area contributed by atoms with E-state index in [0.717, 1.165) is 19.4 Å². The fourth-order valence-corrected chi connectivity index (χ4v) is 3.99. The molecule has 1 saturated heterocycles. The van der Waals surface area contributed by atoms with Gasteiger partial charge in [-0.1, -0.05) is 42.5 Å². The average Bonchev–Trinajstić information content (AvgIpc) is 3.16. The summed E-state index contributed by atoms with van der Waals surface area (Å²) in [4.78, 5) is 27.0. The van der Waals surface area contributed by atoms with Gasteiger partial charge in [0.1, 0.15) is 5.69 Å². The SMILES string of the molecule is CC(=O)N(C)c1cccc([C@H](C)N2CCC[C@H]2c2ccccc2)c1[N+](=O)[O-]. The molecule has 2 aromatic rings. The Bertz CT molecular complexity index is 838. The third-order valence-electron chi connectivity index (χ3n) is 5.49. The lowest BCUT2D eigenvalue weighted by Gasteiger charge is -2.31. The first-order valence-electron chi connectivity index (χ1n) is 9.24. The molecule has 0 bridgehead atoms. The van der Waals surface area contributed by atoms with Crippen molar-refractivity contribution >= 4 is 17.3 Å². The quantitative estimate of drug-likeness (QED) is 0.577. The van der Waals surface area contributed by atoms with Crippen LogP contribution < -0.4 is 4.90 Å². The zero-order valence-corrected chi connectivity index (χ0v) is 16.0. The Morgan fingerprint density at radius 3 is 2.56 bits per heavy atom. The summed E-state index contributed by atoms with van der Waals surface area (Å²) in [7, 11) is 1.57. The minimum Gasteiger partial charge on any atom is -0.310 e. The first-order valence-corrected chi connectivity index (χ1v) is 9.24. The second-order valence-electron chi connectivity index (χ2n) is 7.03. The van der Waals surface area contributed by atoms with Gasteiger partial charge < -0.3 is 4.90 Å². The van der Waals surface area contributed by atoms with Gasteiger partial charge in [-0.3, -0.25) is 19.8 Å². The van der Waals surface area contributed by atoms with Crippen molar-refractivity contribution in [2.45, 2.75) is 38.8 Å². The summed E-state index contributed by atoms with van der Waals surface area (Å²) in [5, 5.41) is 11.9. The molecule has 0 radical (unpaired) electrons. The molecular formula is C21H25N3O3. The van der Waals surface area contributed by atoms with Crippen LogP contribution >= 0.6 is 0 Å². The summed E-state index contributed by atoms with van der Waals surface area (Å²) in [5.41, 5.74) is 2.24. The Hall–Kier alpha value is -2.73. The van der Waals surface area contributed by atoms with E-state index >= 15 is 0 Å². The fourth-order valence-electron chi connectivity index (χ4n) is 3.99. The van der Waals surface area contributed by atoms with Crippen molar-refractivity contribution in [1.82, 2.24) is 4.90 Å². The van der Waals surface area contributed by atoms with Gasteiger partial charge in [-0.25, -0.2) is 0 Å². The Labute approximate surface area is 159 Å². The van der Waals surface area contributed by atoms with E-state index in [4.69, 9.17) is 0 Å². The van der Waals surface area contributed by atoms with Crippen molar-refractivity contribution in [3.05, 3.63) is 69.8 Å². The number of nitro benzene ring substituents is 1. The summed E-state index contributed by atoms with van der Waals surface area (Å²) in [6, 6.07) is 15.6. The van der Waals surface area contributed by atoms with E-state index < -0.39 is 0 Å². The normalized spacial score (nSPS) is 18.3. The predicted octanol–water partition coefficient (Wildman–Crippen LogP) is 4.48. The van der Waals surface area contributed by atoms with Gasteiger partial charge in [0.2, 0.25) is 5.91 Å². The number of benzene rings is 2. The minimum atomic E-state index is -0.367. The topological polar surface area (TPSA) is 66.7 Å². The highest BCUT2D eigenvalue weighted by atomic mass is 16.6. The van der Waals surface area contributed by atoms with Gasteiger partial charge in [-0.15, -0.1) is 0 Å². The number of hydrogen-bond donors (Lipinski definition) is 0. The Morgan fingerprint density at radius 1 is 1.22 bits per heavy atom. The summed E-state index contributed by atoms with van der Waals surface area (Å²) in [5.74, 6) is -0.230. The number of hydrogen-bond acceptors (Lipinski definition) is 4. The van der Waals surface area contributed by atoms with Crippen molar-refractivity contribution in [1.29, 1.82) is 0 Å². The fraction of sp³-hybridized carbons (Fsp3) is 0.381. The molecule has 2 atom stereocenters. The van der Waals surface area contributed by atoms with E-state index in [1.807, 2.05) is 25.1 Å². The van der Waals surface area contributed by atoms with Crippen LogP contribution in [0.5, 0.6) is 0 Å². The monoisotopic (exact) mass is 367 g/mol. The van der Waals surface area contributed by atoms with Gasteiger partial charge in [0.05, 0.1) is 4.92 Å². The maximum absolute atomic E-state index is 11.9. The molecule has 1 amide bonds. The van der Waals surface area contributed by atoms with E-state index in [-0.39, 0.29) is 28.6 Å². The van der Waals surface area contributed by atoms with E-state index in [9.17, 15) is 14.9 Å². The molecule has 1 aliphatic rings. The molecular weight excluding hydrogens is 342 g/mol. The van der Waals surface area contributed by atoms with Crippen molar-refractivity contribution in [3.8, 4) is 0 Å². The molecule has 6 nitrogen and oxygen atoms in total. The largest absolute Gasteiger partial charge is 0.310 e. The van der Waals surface area contributed by atoms with Crippen molar-refractivity contribution in [2.24, 2.45) is 0 Å². The molecule has 2 aromatic carbocycles. The van der Waals surface area contributed by atoms with Crippen LogP contribution in [-0.4, -0.2) is 29.3 Å². The maximum atomic E-state index is 11.9. The molecule has 6 heteroatoms. The zero-order valence-electron chi connectivity index (χ0n) is 16.0. The predicted molar refractivity (Wildman–Crippen MR) is 106 cm³/mol. The number of nitro groups is 1. The summed E-state index contributed by atoms with van der Waals surface area (Å²) >= 11 is 0. The van der Waals surface area contributed by atoms with Crippen molar-refractivity contribution in [2.75, 3.05) is 18.5 Å². The number of carbonyl (C=O) groups excluding carboxylic acids is 1. The van der Waals surface area contributed by atoms with E-state index in [1.54, 1.807) is 25.2 Å². The highest BCUT2D eigenvalue weighted by molar-refractivity contribution is 5.93. The van der Waals surface area contributed by atoms with E-state index in [1.165, 1.54) is 17.4 Å². The van der Waals surface area contributed by atoms with Gasteiger partial charge >= 0.3 is 0 Å². The molecule has 27 heavy (non-hydrogen) atoms. The molecule has 0 unspecified atom stereocenters. The molecule has 0 spiro atoms. The standard InChI is InChI=1S/C21H25N3O3/c1-15(23-14-8-13-19(23)17-9-5-4-6-10-17)18-11-7-12-20(21(18)24(26)27)22(3)16(2)25/h4-7,9-12,15,19H,8,13-14H2,1-3H3/t15-,19-/m0/s1. The smallest absolute Gasteiger partial charge is 0.297 e. The van der Waals surface area contributed by atoms with Gasteiger partial charge in [0, 0.05) is 31.6 Å². The molecule has 3 rings (SSSR count). The molecule has 0 aliphatic carbocycles. The first-order chi connectivity index (χ1) is 12.9. The Kier molecular flexibility index (Phi) is 5.56. The van der Waals surface area contributed by atoms with Crippen LogP contribution in [0.4, 0.5) is 11.4 Å². The van der Waals surface area contributed by atoms with E-state index in [2.05, 4.69) is 17.0 Å². The molecule has 0 aromatic heterocycles. The number of carbonyl (C=O) groups is 1. The molecule has 0 saturated carbocycles. The lowest BCUT2D eigenvalue weighted by atomic mass is 9.99. The van der Waals surface area contributed by atoms with Crippen molar-refractivity contribution < 1.29 is 9.72 Å². The number of rotatable bonds is 5. The van der Waals surface area contributed by atoms with Crippen LogP contribution in [0.15, 0.2) is 48.5 Å². The molecule has 1 heterocycles. The molecule has 1 fully saturated rings. The molecule has 1 aliphatic heterocycles. The maximum Gasteiger partial charge on any atom is 0.297 e. The Morgan fingerprint density at radius 2 is 1.93 bits per heavy atom. The van der Waals surface area contributed by atoms with Gasteiger partial charge in [-0.05, 0) is 37.9 Å². The number of amides is 1. The van der Waals surface area contributed by atoms with Crippen molar-refractivity contribution in [3.63, 3.8) is 0 Å². The highest BCUT2D eigenvalue weighted by Gasteiger charge is 2.34. The number of likely N-dealkylation sites (tertiary alicyclic amines) is 1. The highest BCUT2D eigenvalue weighted by Crippen LogP contribution is 2.43. The number of nitrogens with zero attached hydrogens (tertiary/aromatic N) is 3. The number of para-hydroxylation sites is 1. The van der Waals surface area contributed by atoms with E-state index in [0.29, 0.717) is 11.3 Å². The minimum absolute atomic E-state index is 0.0152. The van der Waals surface area contributed by atoms with Crippen LogP contribution in [0.2, 0.25) is 0 Å². The molecule has 0 N–H and O–H groups in total. The second kappa shape index (κ2) is 7.88. The summed E-state index contributed by atoms with van der Waals surface area (Å²) in [6.07, 6.45) is 2.10. The third-order valence-corrected chi connectivity index (χ3v) is 5.49. The van der Waals surface area contributed by atoms with Crippen LogP contribution in [0, 0.1) is 10.1 Å². The summed E-state index contributed by atoms with van der Waals surface area (Å²) < 4.78 is 0. The van der Waals surface area contributed by atoms with Crippen LogP contribution in [0.25, 0.3) is 0 Å². The summed E-state index contributed by atoms with van der Waals surface area (Å²) in [6.45, 7) is 4.32. The van der Waals surface area contributed by atoms with Crippen LogP contribution in [0.1, 0.15) is 49.9 Å². The van der Waals surface area contributed by atoms with Crippen LogP contribution in [-0.2, 0) is 4.79 Å². The second-order valence-corrected chi connectivity index (χ2v) is 7.03. The zero-order chi connectivity index (χ0) is 19.6. The van der Waals surface area contributed by atoms with Gasteiger partial charge in [-0.2, -0.15) is 0 Å². The average molecular weight is 367 g/mol. The number of anilines is 1.